The number of carbonyl (C=O) groups is 1. The van der Waals surface area contributed by atoms with Gasteiger partial charge in [-0.3, -0.25) is 4.79 Å². The minimum Gasteiger partial charge on any atom is -0.496 e. The fourth-order valence-electron chi connectivity index (χ4n) is 1.88. The average molecular weight is 236 g/mol. The average Bonchev–Trinajstić information content (AvgIpc) is 2.26. The van der Waals surface area contributed by atoms with Gasteiger partial charge in [-0.2, -0.15) is 0 Å². The van der Waals surface area contributed by atoms with E-state index in [0.29, 0.717) is 0 Å². The van der Waals surface area contributed by atoms with Crippen molar-refractivity contribution in [2.75, 3.05) is 19.1 Å². The fourth-order valence-corrected chi connectivity index (χ4v) is 1.88. The van der Waals surface area contributed by atoms with Gasteiger partial charge in [0.15, 0.2) is 0 Å². The van der Waals surface area contributed by atoms with Gasteiger partial charge in [-0.25, -0.2) is 0 Å². The Bertz CT molecular complexity index is 404. The summed E-state index contributed by atoms with van der Waals surface area (Å²) in [4.78, 5) is 13.4. The second-order valence-electron chi connectivity index (χ2n) is 4.30. The summed E-state index contributed by atoms with van der Waals surface area (Å²) in [6, 6.07) is 3.35. The van der Waals surface area contributed by atoms with Gasteiger partial charge in [-0.1, -0.05) is 0 Å². The molecule has 1 unspecified atom stereocenters. The smallest absolute Gasteiger partial charge is 0.243 e. The van der Waals surface area contributed by atoms with Crippen LogP contribution in [0.3, 0.4) is 0 Å². The van der Waals surface area contributed by atoms with Crippen LogP contribution in [-0.4, -0.2) is 26.1 Å². The van der Waals surface area contributed by atoms with E-state index >= 15 is 0 Å². The number of nitrogens with two attached hydrogens (primary N) is 1. The Morgan fingerprint density at radius 1 is 1.35 bits per heavy atom. The molecule has 94 valence electrons. The van der Waals surface area contributed by atoms with Crippen LogP contribution in [-0.2, 0) is 4.79 Å². The molecule has 0 saturated carbocycles. The number of methoxy groups -OCH3 is 1. The van der Waals surface area contributed by atoms with Gasteiger partial charge in [0.25, 0.3) is 0 Å². The van der Waals surface area contributed by atoms with Crippen LogP contribution in [0.15, 0.2) is 12.1 Å². The number of anilines is 1. The molecular formula is C13H20N2O2. The molecule has 0 spiro atoms. The monoisotopic (exact) mass is 236 g/mol. The molecule has 0 aromatic heterocycles. The number of nitrogens with zero attached hydrogens (tertiary/aromatic N) is 1. The predicted molar refractivity (Wildman–Crippen MR) is 69.5 cm³/mol. The van der Waals surface area contributed by atoms with Gasteiger partial charge in [-0.05, 0) is 44.0 Å². The molecule has 0 radical (unpaired) electrons. The zero-order valence-corrected chi connectivity index (χ0v) is 11.1. The first-order valence-corrected chi connectivity index (χ1v) is 5.56. The maximum Gasteiger partial charge on any atom is 0.243 e. The lowest BCUT2D eigenvalue weighted by atomic mass is 10.1. The van der Waals surface area contributed by atoms with Gasteiger partial charge in [0.05, 0.1) is 13.2 Å². The Balaban J connectivity index is 3.12. The van der Waals surface area contributed by atoms with Crippen LogP contribution in [0.25, 0.3) is 0 Å². The molecule has 1 amide bonds. The number of hydrogen-bond acceptors (Lipinski definition) is 3. The SMILES string of the molecule is COc1c(C)cc(N(C)C(=O)C(C)N)cc1C. The Hall–Kier alpha value is -1.55. The minimum atomic E-state index is -0.497. The van der Waals surface area contributed by atoms with Crippen LogP contribution >= 0.6 is 0 Å². The zero-order valence-electron chi connectivity index (χ0n) is 11.1. The topological polar surface area (TPSA) is 55.6 Å². The van der Waals surface area contributed by atoms with E-state index < -0.39 is 6.04 Å². The number of ether oxygens (including phenoxy) is 1. The van der Waals surface area contributed by atoms with Crippen LogP contribution in [0.4, 0.5) is 5.69 Å². The third kappa shape index (κ3) is 2.77. The first kappa shape index (κ1) is 13.5. The van der Waals surface area contributed by atoms with E-state index in [1.54, 1.807) is 26.0 Å². The predicted octanol–water partition coefficient (Wildman–Crippen LogP) is 1.62. The summed E-state index contributed by atoms with van der Waals surface area (Å²) in [5.74, 6) is 0.754. The van der Waals surface area contributed by atoms with E-state index in [0.717, 1.165) is 22.6 Å². The Kier molecular flexibility index (Phi) is 4.12. The molecule has 17 heavy (non-hydrogen) atoms. The Morgan fingerprint density at radius 3 is 2.18 bits per heavy atom. The Labute approximate surface area is 102 Å². The highest BCUT2D eigenvalue weighted by molar-refractivity contribution is 5.96. The number of rotatable bonds is 3. The summed E-state index contributed by atoms with van der Waals surface area (Å²) in [5.41, 5.74) is 8.44. The summed E-state index contributed by atoms with van der Waals surface area (Å²) in [7, 11) is 3.37. The van der Waals surface area contributed by atoms with Crippen molar-refractivity contribution < 1.29 is 9.53 Å². The molecule has 0 aliphatic carbocycles. The van der Waals surface area contributed by atoms with Gasteiger partial charge in [0.1, 0.15) is 5.75 Å². The maximum atomic E-state index is 11.8. The number of carbonyl (C=O) groups excluding carboxylic acids is 1. The molecule has 1 aromatic carbocycles. The normalized spacial score (nSPS) is 12.1. The molecule has 0 heterocycles. The van der Waals surface area contributed by atoms with Gasteiger partial charge in [0, 0.05) is 12.7 Å². The summed E-state index contributed by atoms with van der Waals surface area (Å²) in [6.07, 6.45) is 0. The lowest BCUT2D eigenvalue weighted by Gasteiger charge is -2.21. The van der Waals surface area contributed by atoms with Gasteiger partial charge < -0.3 is 15.4 Å². The van der Waals surface area contributed by atoms with Crippen molar-refractivity contribution in [2.45, 2.75) is 26.8 Å². The van der Waals surface area contributed by atoms with E-state index in [1.165, 1.54) is 0 Å². The molecule has 4 heteroatoms. The number of aryl methyl sites for hydroxylation is 2. The first-order chi connectivity index (χ1) is 7.88. The van der Waals surface area contributed by atoms with Gasteiger partial charge in [0.2, 0.25) is 5.91 Å². The molecule has 0 bridgehead atoms. The van der Waals surface area contributed by atoms with E-state index in [2.05, 4.69) is 0 Å². The molecule has 1 atom stereocenters. The molecule has 0 aliphatic rings. The van der Waals surface area contributed by atoms with Crippen LogP contribution < -0.4 is 15.4 Å². The van der Waals surface area contributed by atoms with Crippen molar-refractivity contribution in [2.24, 2.45) is 5.73 Å². The highest BCUT2D eigenvalue weighted by Gasteiger charge is 2.16. The van der Waals surface area contributed by atoms with Crippen molar-refractivity contribution in [3.8, 4) is 5.75 Å². The van der Waals surface area contributed by atoms with Gasteiger partial charge in [-0.15, -0.1) is 0 Å². The molecule has 0 aliphatic heterocycles. The van der Waals surface area contributed by atoms with Crippen molar-refractivity contribution in [3.63, 3.8) is 0 Å². The van der Waals surface area contributed by atoms with Crippen LogP contribution in [0.2, 0.25) is 0 Å². The number of hydrogen-bond donors (Lipinski definition) is 1. The van der Waals surface area contributed by atoms with Crippen LogP contribution in [0.1, 0.15) is 18.1 Å². The quantitative estimate of drug-likeness (QED) is 0.867. The largest absolute Gasteiger partial charge is 0.496 e. The van der Waals surface area contributed by atoms with E-state index in [9.17, 15) is 4.79 Å². The molecule has 0 saturated heterocycles. The Morgan fingerprint density at radius 2 is 1.82 bits per heavy atom. The summed E-state index contributed by atoms with van der Waals surface area (Å²) >= 11 is 0. The third-order valence-electron chi connectivity index (χ3n) is 2.76. The van der Waals surface area contributed by atoms with Gasteiger partial charge >= 0.3 is 0 Å². The number of amides is 1. The lowest BCUT2D eigenvalue weighted by molar-refractivity contribution is -0.119. The molecular weight excluding hydrogens is 216 g/mol. The van der Waals surface area contributed by atoms with Crippen LogP contribution in [0.5, 0.6) is 5.75 Å². The number of likely N-dealkylation sites (N-methyl/N-ethyl adjacent to an activating group) is 1. The second-order valence-corrected chi connectivity index (χ2v) is 4.30. The first-order valence-electron chi connectivity index (χ1n) is 5.56. The molecule has 2 N–H and O–H groups in total. The van der Waals surface area contributed by atoms with E-state index in [1.807, 2.05) is 26.0 Å². The molecule has 0 fully saturated rings. The standard InChI is InChI=1S/C13H20N2O2/c1-8-6-11(7-9(2)12(8)17-5)15(4)13(16)10(3)14/h6-7,10H,14H2,1-5H3. The number of benzene rings is 1. The van der Waals surface area contributed by atoms with E-state index in [4.69, 9.17) is 10.5 Å². The highest BCUT2D eigenvalue weighted by atomic mass is 16.5. The van der Waals surface area contributed by atoms with Crippen molar-refractivity contribution >= 4 is 11.6 Å². The summed E-state index contributed by atoms with van der Waals surface area (Å²) in [5, 5.41) is 0. The minimum absolute atomic E-state index is 0.103. The van der Waals surface area contributed by atoms with Crippen LogP contribution in [0, 0.1) is 13.8 Å². The second kappa shape index (κ2) is 5.19. The lowest BCUT2D eigenvalue weighted by Crippen LogP contribution is -2.39. The molecule has 1 aromatic rings. The third-order valence-corrected chi connectivity index (χ3v) is 2.76. The van der Waals surface area contributed by atoms with Crippen molar-refractivity contribution in [3.05, 3.63) is 23.3 Å². The zero-order chi connectivity index (χ0) is 13.2. The summed E-state index contributed by atoms with van der Waals surface area (Å²) < 4.78 is 5.29. The molecule has 4 nitrogen and oxygen atoms in total. The van der Waals surface area contributed by atoms with Crippen molar-refractivity contribution in [1.82, 2.24) is 0 Å². The fraction of sp³-hybridized carbons (Fsp3) is 0.462. The molecule has 1 rings (SSSR count). The van der Waals surface area contributed by atoms with Crippen molar-refractivity contribution in [1.29, 1.82) is 0 Å². The summed E-state index contributed by atoms with van der Waals surface area (Å²) in [6.45, 7) is 5.60. The van der Waals surface area contributed by atoms with E-state index in [-0.39, 0.29) is 5.91 Å². The highest BCUT2D eigenvalue weighted by Crippen LogP contribution is 2.28. The maximum absolute atomic E-state index is 11.8.